The van der Waals surface area contributed by atoms with Gasteiger partial charge in [-0.1, -0.05) is 0 Å². The third-order valence-corrected chi connectivity index (χ3v) is 9.22. The Bertz CT molecular complexity index is 1470. The molecule has 212 valence electrons. The maximum Gasteiger partial charge on any atom is 0.394 e. The van der Waals surface area contributed by atoms with Crippen LogP contribution in [0.3, 0.4) is 0 Å². The largest absolute Gasteiger partial charge is 0.497 e. The van der Waals surface area contributed by atoms with Crippen molar-refractivity contribution >= 4 is 59.0 Å². The van der Waals surface area contributed by atoms with Crippen molar-refractivity contribution in [2.75, 3.05) is 31.9 Å². The standard InChI is InChI=1S/C28H31F2N2O5P3/c1-28(29,30)37-17-9-7-16(8-10-17)21(33)14-19-20(25-22(38)12-18(36-2)13-23(25)39)15-32(27(19)34)26-24(40(3,4)35)6-5-11-31-26/h5-13,19-20H,14-15,38-39H2,1-4H3/t19-,20+/m0/s1. The van der Waals surface area contributed by atoms with Crippen LogP contribution < -0.4 is 30.3 Å². The van der Waals surface area contributed by atoms with E-state index in [1.807, 2.05) is 12.1 Å². The van der Waals surface area contributed by atoms with Crippen molar-refractivity contribution in [3.8, 4) is 11.5 Å². The first-order chi connectivity index (χ1) is 18.7. The van der Waals surface area contributed by atoms with Crippen LogP contribution in [0.4, 0.5) is 14.6 Å². The predicted octanol–water partition coefficient (Wildman–Crippen LogP) is 4.35. The fraction of sp³-hybridized carbons (Fsp3) is 0.321. The van der Waals surface area contributed by atoms with Gasteiger partial charge < -0.3 is 14.0 Å². The highest BCUT2D eigenvalue weighted by atomic mass is 31.2. The SMILES string of the molecule is COc1cc(P)c([C@@H]2CN(c3ncccc3P(C)(C)=O)C(=O)[C@H]2CC(=O)c2ccc(OC(C)(F)F)cc2)c(P)c1. The van der Waals surface area contributed by atoms with E-state index < -0.39 is 25.1 Å². The molecule has 40 heavy (non-hydrogen) atoms. The molecule has 3 aromatic rings. The number of anilines is 1. The van der Waals surface area contributed by atoms with Gasteiger partial charge in [0.2, 0.25) is 5.91 Å². The van der Waals surface area contributed by atoms with E-state index in [4.69, 9.17) is 4.74 Å². The summed E-state index contributed by atoms with van der Waals surface area (Å²) in [5.74, 6) is -0.867. The van der Waals surface area contributed by atoms with Crippen molar-refractivity contribution < 1.29 is 32.4 Å². The summed E-state index contributed by atoms with van der Waals surface area (Å²) < 4.78 is 49.5. The molecule has 12 heteroatoms. The average Bonchev–Trinajstić information content (AvgIpc) is 3.17. The molecule has 7 nitrogen and oxygen atoms in total. The Morgan fingerprint density at radius 3 is 2.30 bits per heavy atom. The van der Waals surface area contributed by atoms with E-state index in [0.29, 0.717) is 23.8 Å². The molecular weight excluding hydrogens is 575 g/mol. The van der Waals surface area contributed by atoms with E-state index in [2.05, 4.69) is 28.2 Å². The Hall–Kier alpha value is -2.72. The maximum absolute atomic E-state index is 14.0. The van der Waals surface area contributed by atoms with E-state index in [-0.39, 0.29) is 36.0 Å². The van der Waals surface area contributed by atoms with Crippen molar-refractivity contribution in [3.63, 3.8) is 0 Å². The lowest BCUT2D eigenvalue weighted by Gasteiger charge is -2.22. The number of amides is 1. The van der Waals surface area contributed by atoms with Crippen LogP contribution in [0, 0.1) is 5.92 Å². The van der Waals surface area contributed by atoms with Gasteiger partial charge in [-0.2, -0.15) is 8.78 Å². The molecule has 2 heterocycles. The van der Waals surface area contributed by atoms with Crippen LogP contribution in [0.2, 0.25) is 0 Å². The van der Waals surface area contributed by atoms with E-state index >= 15 is 0 Å². The van der Waals surface area contributed by atoms with Gasteiger partial charge in [-0.3, -0.25) is 14.5 Å². The fourth-order valence-corrected chi connectivity index (χ4v) is 7.33. The zero-order valence-corrected chi connectivity index (χ0v) is 25.8. The molecular formula is C28H31F2N2O5P3. The summed E-state index contributed by atoms with van der Waals surface area (Å²) in [7, 11) is 4.14. The number of pyridine rings is 1. The molecule has 0 N–H and O–H groups in total. The molecule has 0 radical (unpaired) electrons. The lowest BCUT2D eigenvalue weighted by molar-refractivity contribution is -0.158. The summed E-state index contributed by atoms with van der Waals surface area (Å²) >= 11 is 0. The third-order valence-electron chi connectivity index (χ3n) is 6.75. The van der Waals surface area contributed by atoms with Crippen LogP contribution in [0.15, 0.2) is 54.7 Å². The van der Waals surface area contributed by atoms with Gasteiger partial charge in [0.1, 0.15) is 24.5 Å². The molecule has 0 saturated carbocycles. The molecule has 0 aliphatic carbocycles. The van der Waals surface area contributed by atoms with Crippen molar-refractivity contribution in [2.45, 2.75) is 25.4 Å². The maximum atomic E-state index is 14.0. The molecule has 1 fully saturated rings. The van der Waals surface area contributed by atoms with Crippen molar-refractivity contribution in [1.82, 2.24) is 4.98 Å². The number of carbonyl (C=O) groups is 2. The summed E-state index contributed by atoms with van der Waals surface area (Å²) in [5, 5.41) is 2.13. The van der Waals surface area contributed by atoms with Crippen LogP contribution >= 0.6 is 25.6 Å². The molecule has 1 aromatic heterocycles. The summed E-state index contributed by atoms with van der Waals surface area (Å²) in [6.07, 6.45) is -1.93. The second-order valence-electron chi connectivity index (χ2n) is 10.1. The molecule has 2 aromatic carbocycles. The molecule has 4 atom stereocenters. The molecule has 1 aliphatic rings. The quantitative estimate of drug-likeness (QED) is 0.266. The van der Waals surface area contributed by atoms with Crippen LogP contribution in [-0.4, -0.2) is 49.8 Å². The Morgan fingerprint density at radius 2 is 1.75 bits per heavy atom. The van der Waals surface area contributed by atoms with E-state index in [1.165, 1.54) is 29.2 Å². The molecule has 0 spiro atoms. The van der Waals surface area contributed by atoms with Crippen LogP contribution in [0.25, 0.3) is 0 Å². The molecule has 2 unspecified atom stereocenters. The highest BCUT2D eigenvalue weighted by molar-refractivity contribution is 7.70. The second kappa shape index (κ2) is 11.6. The number of Topliss-reactive ketones (excluding diaryl/α,β-unsaturated/α-hetero) is 1. The molecule has 0 bridgehead atoms. The normalized spacial score (nSPS) is 17.7. The van der Waals surface area contributed by atoms with Gasteiger partial charge >= 0.3 is 6.11 Å². The Balaban J connectivity index is 1.73. The van der Waals surface area contributed by atoms with Gasteiger partial charge in [0.15, 0.2) is 5.78 Å². The van der Waals surface area contributed by atoms with Gasteiger partial charge in [0, 0.05) is 37.6 Å². The first kappa shape index (κ1) is 30.2. The molecule has 1 amide bonds. The van der Waals surface area contributed by atoms with E-state index in [0.717, 1.165) is 16.2 Å². The summed E-state index contributed by atoms with van der Waals surface area (Å²) in [6, 6.07) is 12.5. The number of carbonyl (C=O) groups excluding carboxylic acids is 2. The first-order valence-corrected chi connectivity index (χ1v) is 16.2. The summed E-state index contributed by atoms with van der Waals surface area (Å²) in [5.41, 5.74) is 1.14. The minimum atomic E-state index is -3.35. The Labute approximate surface area is 236 Å². The van der Waals surface area contributed by atoms with Crippen molar-refractivity contribution in [2.24, 2.45) is 5.92 Å². The summed E-state index contributed by atoms with van der Waals surface area (Å²) in [6.45, 7) is 4.11. The van der Waals surface area contributed by atoms with Crippen LogP contribution in [-0.2, 0) is 9.36 Å². The summed E-state index contributed by atoms with van der Waals surface area (Å²) in [4.78, 5) is 33.4. The van der Waals surface area contributed by atoms with Gasteiger partial charge in [-0.25, -0.2) is 4.98 Å². The third kappa shape index (κ3) is 6.60. The number of alkyl halides is 2. The average molecular weight is 606 g/mol. The van der Waals surface area contributed by atoms with Gasteiger partial charge in [0.25, 0.3) is 0 Å². The van der Waals surface area contributed by atoms with Crippen molar-refractivity contribution in [3.05, 3.63) is 65.9 Å². The zero-order valence-electron chi connectivity index (χ0n) is 22.6. The number of methoxy groups -OCH3 is 1. The molecule has 1 saturated heterocycles. The van der Waals surface area contributed by atoms with Crippen LogP contribution in [0.1, 0.15) is 35.2 Å². The van der Waals surface area contributed by atoms with Gasteiger partial charge in [-0.05, 0) is 78.0 Å². The zero-order chi connectivity index (χ0) is 29.4. The predicted molar refractivity (Wildman–Crippen MR) is 160 cm³/mol. The minimum Gasteiger partial charge on any atom is -0.497 e. The van der Waals surface area contributed by atoms with Gasteiger partial charge in [-0.15, -0.1) is 18.5 Å². The minimum absolute atomic E-state index is 0.0742. The highest BCUT2D eigenvalue weighted by Crippen LogP contribution is 2.43. The smallest absolute Gasteiger partial charge is 0.394 e. The molecule has 4 rings (SSSR count). The lowest BCUT2D eigenvalue weighted by Crippen LogP contribution is -2.32. The second-order valence-corrected chi connectivity index (χ2v) is 14.6. The number of rotatable bonds is 9. The Kier molecular flexibility index (Phi) is 8.80. The number of benzene rings is 2. The van der Waals surface area contributed by atoms with Crippen molar-refractivity contribution in [1.29, 1.82) is 0 Å². The monoisotopic (exact) mass is 606 g/mol. The van der Waals surface area contributed by atoms with E-state index in [1.54, 1.807) is 38.8 Å². The number of nitrogens with zero attached hydrogens (tertiary/aromatic N) is 2. The number of ether oxygens (including phenoxy) is 2. The highest BCUT2D eigenvalue weighted by Gasteiger charge is 2.45. The molecule has 1 aliphatic heterocycles. The first-order valence-electron chi connectivity index (χ1n) is 12.4. The topological polar surface area (TPSA) is 85.8 Å². The van der Waals surface area contributed by atoms with Gasteiger partial charge in [0.05, 0.1) is 18.3 Å². The van der Waals surface area contributed by atoms with Crippen LogP contribution in [0.5, 0.6) is 11.5 Å². The Morgan fingerprint density at radius 1 is 1.12 bits per heavy atom. The van der Waals surface area contributed by atoms with E-state index in [9.17, 15) is 22.9 Å². The number of ketones is 1. The fourth-order valence-electron chi connectivity index (χ4n) is 4.97. The lowest BCUT2D eigenvalue weighted by atomic mass is 9.84. The number of aromatic nitrogens is 1. The number of halogens is 2. The number of hydrogen-bond acceptors (Lipinski definition) is 6. The number of hydrogen-bond donors (Lipinski definition) is 0.